The summed E-state index contributed by atoms with van der Waals surface area (Å²) in [5, 5.41) is -0.0455. The van der Waals surface area contributed by atoms with E-state index in [2.05, 4.69) is 20.8 Å². The summed E-state index contributed by atoms with van der Waals surface area (Å²) in [5.74, 6) is -0.437. The van der Waals surface area contributed by atoms with Crippen LogP contribution >= 0.6 is 0 Å². The van der Waals surface area contributed by atoms with E-state index in [-0.39, 0.29) is 11.0 Å². The summed E-state index contributed by atoms with van der Waals surface area (Å²) in [6, 6.07) is 6.48. The van der Waals surface area contributed by atoms with Gasteiger partial charge < -0.3 is 9.16 Å². The summed E-state index contributed by atoms with van der Waals surface area (Å²) in [7, 11) is -2.16. The largest absolute Gasteiger partial charge is 0.516 e. The van der Waals surface area contributed by atoms with E-state index in [4.69, 9.17) is 9.16 Å². The average molecular weight is 294 g/mol. The van der Waals surface area contributed by atoms with Gasteiger partial charge in [-0.15, -0.1) is 0 Å². The van der Waals surface area contributed by atoms with Crippen molar-refractivity contribution in [3.63, 3.8) is 0 Å². The monoisotopic (exact) mass is 294 g/mol. The minimum Gasteiger partial charge on any atom is -0.516 e. The highest BCUT2D eigenvalue weighted by molar-refractivity contribution is 6.75. The minimum absolute atomic E-state index is 0.0455. The first-order valence-electron chi connectivity index (χ1n) is 6.55. The Morgan fingerprint density at radius 3 is 2.25 bits per heavy atom. The Hall–Kier alpha value is -1.62. The van der Waals surface area contributed by atoms with Crippen molar-refractivity contribution in [2.24, 2.45) is 0 Å². The van der Waals surface area contributed by atoms with Gasteiger partial charge in [-0.3, -0.25) is 4.79 Å². The van der Waals surface area contributed by atoms with E-state index in [0.717, 1.165) is 0 Å². The van der Waals surface area contributed by atoms with Gasteiger partial charge in [0.05, 0.1) is 5.56 Å². The fourth-order valence-electron chi connectivity index (χ4n) is 1.30. The maximum absolute atomic E-state index is 12.2. The first-order valence-corrected chi connectivity index (χ1v) is 9.45. The third-order valence-corrected chi connectivity index (χ3v) is 7.79. The molecule has 110 valence electrons. The van der Waals surface area contributed by atoms with Crippen LogP contribution in [-0.2, 0) is 9.22 Å². The first kappa shape index (κ1) is 16.4. The molecule has 0 aromatic heterocycles. The normalized spacial score (nSPS) is 11.9. The lowest BCUT2D eigenvalue weighted by Gasteiger charge is -2.35. The van der Waals surface area contributed by atoms with Crippen LogP contribution in [0.3, 0.4) is 0 Å². The van der Waals surface area contributed by atoms with Crippen LogP contribution < -0.4 is 4.74 Å². The second-order valence-corrected chi connectivity index (χ2v) is 11.0. The standard InChI is InChI=1S/C15H22O4Si/c1-11(16)18-13-9-7-8-12(10-13)14(17)19-20(5,6)15(2,3)4/h7-10H,1-6H3. The third-order valence-electron chi connectivity index (χ3n) is 3.49. The summed E-state index contributed by atoms with van der Waals surface area (Å²) >= 11 is 0. The van der Waals surface area contributed by atoms with Gasteiger partial charge in [-0.1, -0.05) is 26.8 Å². The van der Waals surface area contributed by atoms with Crippen LogP contribution in [-0.4, -0.2) is 20.3 Å². The SMILES string of the molecule is CC(=O)Oc1cccc(C(=O)O[Si](C)(C)C(C)(C)C)c1. The second kappa shape index (κ2) is 5.79. The molecule has 0 saturated heterocycles. The molecule has 1 aromatic rings. The van der Waals surface area contributed by atoms with Gasteiger partial charge in [0.15, 0.2) is 0 Å². The summed E-state index contributed by atoms with van der Waals surface area (Å²) in [5.41, 5.74) is 0.397. The molecule has 0 heterocycles. The zero-order valence-corrected chi connectivity index (χ0v) is 13.9. The van der Waals surface area contributed by atoms with Crippen molar-refractivity contribution in [2.45, 2.75) is 45.8 Å². The highest BCUT2D eigenvalue weighted by Crippen LogP contribution is 2.37. The number of ether oxygens (including phenoxy) is 1. The summed E-state index contributed by atoms with van der Waals surface area (Å²) in [6.45, 7) is 11.6. The molecule has 0 amide bonds. The quantitative estimate of drug-likeness (QED) is 0.484. The fraction of sp³-hybridized carbons (Fsp3) is 0.467. The van der Waals surface area contributed by atoms with Gasteiger partial charge in [0.1, 0.15) is 5.75 Å². The Kier molecular flexibility index (Phi) is 4.75. The predicted molar refractivity (Wildman–Crippen MR) is 80.4 cm³/mol. The lowest BCUT2D eigenvalue weighted by atomic mass is 10.2. The number of esters is 1. The van der Waals surface area contributed by atoms with Crippen LogP contribution in [0.1, 0.15) is 38.1 Å². The van der Waals surface area contributed by atoms with E-state index in [1.165, 1.54) is 13.0 Å². The van der Waals surface area contributed by atoms with Gasteiger partial charge in [0.2, 0.25) is 0 Å². The lowest BCUT2D eigenvalue weighted by molar-refractivity contribution is -0.131. The first-order chi connectivity index (χ1) is 9.03. The van der Waals surface area contributed by atoms with Crippen molar-refractivity contribution in [3.05, 3.63) is 29.8 Å². The predicted octanol–water partition coefficient (Wildman–Crippen LogP) is 3.77. The molecule has 1 aromatic carbocycles. The Morgan fingerprint density at radius 1 is 1.15 bits per heavy atom. The van der Waals surface area contributed by atoms with Gasteiger partial charge in [0.25, 0.3) is 8.32 Å². The molecule has 0 fully saturated rings. The second-order valence-electron chi connectivity index (χ2n) is 6.27. The summed E-state index contributed by atoms with van der Waals surface area (Å²) < 4.78 is 10.7. The van der Waals surface area contributed by atoms with Gasteiger partial charge >= 0.3 is 11.9 Å². The van der Waals surface area contributed by atoms with Crippen molar-refractivity contribution < 1.29 is 18.8 Å². The maximum atomic E-state index is 12.2. The molecule has 0 bridgehead atoms. The van der Waals surface area contributed by atoms with Crippen molar-refractivity contribution >= 4 is 20.3 Å². The number of carbonyl (C=O) groups is 2. The lowest BCUT2D eigenvalue weighted by Crippen LogP contribution is -2.42. The molecular formula is C15H22O4Si. The van der Waals surface area contributed by atoms with Crippen molar-refractivity contribution in [3.8, 4) is 5.75 Å². The summed E-state index contributed by atoms with van der Waals surface area (Å²) in [4.78, 5) is 23.1. The molecule has 0 N–H and O–H groups in total. The highest BCUT2D eigenvalue weighted by atomic mass is 28.4. The smallest absolute Gasteiger partial charge is 0.324 e. The van der Waals surface area contributed by atoms with Gasteiger partial charge in [-0.25, -0.2) is 4.79 Å². The molecule has 0 aliphatic heterocycles. The summed E-state index contributed by atoms with van der Waals surface area (Å²) in [6.07, 6.45) is 0. The number of benzene rings is 1. The highest BCUT2D eigenvalue weighted by Gasteiger charge is 2.40. The molecule has 1 rings (SSSR count). The van der Waals surface area contributed by atoms with E-state index in [1.807, 2.05) is 13.1 Å². The van der Waals surface area contributed by atoms with Crippen LogP contribution in [0.25, 0.3) is 0 Å². The maximum Gasteiger partial charge on any atom is 0.324 e. The van der Waals surface area contributed by atoms with E-state index in [0.29, 0.717) is 11.3 Å². The number of hydrogen-bond acceptors (Lipinski definition) is 4. The van der Waals surface area contributed by atoms with E-state index in [1.54, 1.807) is 18.2 Å². The van der Waals surface area contributed by atoms with Crippen LogP contribution in [0.4, 0.5) is 0 Å². The van der Waals surface area contributed by atoms with Crippen molar-refractivity contribution in [2.75, 3.05) is 0 Å². The van der Waals surface area contributed by atoms with E-state index >= 15 is 0 Å². The fourth-order valence-corrected chi connectivity index (χ4v) is 2.18. The molecular weight excluding hydrogens is 272 g/mol. The Labute approximate surface area is 121 Å². The topological polar surface area (TPSA) is 52.6 Å². The Morgan fingerprint density at radius 2 is 1.75 bits per heavy atom. The van der Waals surface area contributed by atoms with E-state index in [9.17, 15) is 9.59 Å². The van der Waals surface area contributed by atoms with Gasteiger partial charge in [-0.2, -0.15) is 0 Å². The molecule has 4 nitrogen and oxygen atoms in total. The van der Waals surface area contributed by atoms with Gasteiger partial charge in [0, 0.05) is 6.92 Å². The third kappa shape index (κ3) is 4.20. The average Bonchev–Trinajstić information content (AvgIpc) is 2.26. The van der Waals surface area contributed by atoms with Crippen LogP contribution in [0.5, 0.6) is 5.75 Å². The number of rotatable bonds is 3. The van der Waals surface area contributed by atoms with Crippen molar-refractivity contribution in [1.29, 1.82) is 0 Å². The number of carbonyl (C=O) groups excluding carboxylic acids is 2. The molecule has 0 atom stereocenters. The van der Waals surface area contributed by atoms with Gasteiger partial charge in [-0.05, 0) is 36.3 Å². The molecule has 20 heavy (non-hydrogen) atoms. The molecule has 0 aliphatic carbocycles. The zero-order chi connectivity index (χ0) is 15.6. The Bertz CT molecular complexity index is 515. The van der Waals surface area contributed by atoms with Crippen LogP contribution in [0.2, 0.25) is 18.1 Å². The van der Waals surface area contributed by atoms with Crippen LogP contribution in [0, 0.1) is 0 Å². The molecule has 0 spiro atoms. The molecule has 0 saturated carbocycles. The van der Waals surface area contributed by atoms with E-state index < -0.39 is 14.3 Å². The Balaban J connectivity index is 2.91. The molecule has 0 radical (unpaired) electrons. The molecule has 0 unspecified atom stereocenters. The zero-order valence-electron chi connectivity index (χ0n) is 12.9. The molecule has 0 aliphatic rings. The van der Waals surface area contributed by atoms with Crippen molar-refractivity contribution in [1.82, 2.24) is 0 Å². The number of hydrogen-bond donors (Lipinski definition) is 0. The molecule has 5 heteroatoms. The minimum atomic E-state index is -2.16. The van der Waals surface area contributed by atoms with Crippen LogP contribution in [0.15, 0.2) is 24.3 Å².